The maximum absolute atomic E-state index is 14.7. The molecule has 0 aliphatic heterocycles. The molecule has 0 radical (unpaired) electrons. The van der Waals surface area contributed by atoms with Gasteiger partial charge in [0.15, 0.2) is 11.5 Å². The maximum atomic E-state index is 14.7. The van der Waals surface area contributed by atoms with E-state index in [9.17, 15) is 9.59 Å². The SMILES string of the molecule is CCOc1ccc(-n2c(C(C)N(CCc3ccc(OC)c(OC)c3)C(=O)c3cccc4ccccc34)nc3ccccc3c2=O)cc1. The molecule has 47 heavy (non-hydrogen) atoms. The Morgan fingerprint density at radius 1 is 0.830 bits per heavy atom. The summed E-state index contributed by atoms with van der Waals surface area (Å²) in [4.78, 5) is 35.7. The minimum Gasteiger partial charge on any atom is -0.494 e. The molecule has 6 rings (SSSR count). The number of fused-ring (bicyclic) bond motifs is 2. The molecule has 0 N–H and O–H groups in total. The van der Waals surface area contributed by atoms with Gasteiger partial charge in [0.2, 0.25) is 0 Å². The topological polar surface area (TPSA) is 82.9 Å². The Morgan fingerprint density at radius 3 is 2.28 bits per heavy atom. The summed E-state index contributed by atoms with van der Waals surface area (Å²) >= 11 is 0. The van der Waals surface area contributed by atoms with E-state index in [-0.39, 0.29) is 11.5 Å². The lowest BCUT2D eigenvalue weighted by atomic mass is 10.0. The Bertz CT molecular complexity index is 2100. The van der Waals surface area contributed by atoms with E-state index in [0.717, 1.165) is 16.3 Å². The van der Waals surface area contributed by atoms with E-state index in [1.54, 1.807) is 29.8 Å². The monoisotopic (exact) mass is 627 g/mol. The summed E-state index contributed by atoms with van der Waals surface area (Å²) in [6, 6.07) is 33.4. The lowest BCUT2D eigenvalue weighted by Gasteiger charge is -2.31. The van der Waals surface area contributed by atoms with Crippen molar-refractivity contribution in [1.82, 2.24) is 14.5 Å². The zero-order chi connectivity index (χ0) is 32.9. The van der Waals surface area contributed by atoms with Gasteiger partial charge < -0.3 is 19.1 Å². The van der Waals surface area contributed by atoms with Gasteiger partial charge in [-0.15, -0.1) is 0 Å². The first-order valence-corrected chi connectivity index (χ1v) is 15.7. The second-order valence-electron chi connectivity index (χ2n) is 11.2. The fourth-order valence-corrected chi connectivity index (χ4v) is 6.00. The third kappa shape index (κ3) is 6.27. The van der Waals surface area contributed by atoms with Crippen LogP contribution in [-0.2, 0) is 6.42 Å². The zero-order valence-electron chi connectivity index (χ0n) is 27.0. The van der Waals surface area contributed by atoms with Gasteiger partial charge in [0.25, 0.3) is 11.5 Å². The lowest BCUT2D eigenvalue weighted by molar-refractivity contribution is 0.0685. The number of para-hydroxylation sites is 1. The fourth-order valence-electron chi connectivity index (χ4n) is 6.00. The van der Waals surface area contributed by atoms with Crippen molar-refractivity contribution in [3.8, 4) is 22.9 Å². The molecule has 0 saturated heterocycles. The number of hydrogen-bond donors (Lipinski definition) is 0. The van der Waals surface area contributed by atoms with Gasteiger partial charge in [-0.05, 0) is 91.2 Å². The van der Waals surface area contributed by atoms with Crippen LogP contribution in [0.2, 0.25) is 0 Å². The van der Waals surface area contributed by atoms with Crippen LogP contribution in [0.3, 0.4) is 0 Å². The summed E-state index contributed by atoms with van der Waals surface area (Å²) in [5.74, 6) is 2.25. The Labute approximate surface area is 273 Å². The van der Waals surface area contributed by atoms with Crippen LogP contribution in [0.4, 0.5) is 0 Å². The molecule has 8 heteroatoms. The highest BCUT2D eigenvalue weighted by atomic mass is 16.5. The Hall–Kier alpha value is -5.63. The summed E-state index contributed by atoms with van der Waals surface area (Å²) in [6.45, 7) is 4.74. The number of aromatic nitrogens is 2. The standard InChI is InChI=1S/C39H37N3O5/c1-5-47-30-20-18-29(19-21-30)42-37(40-34-16-9-8-14-33(34)39(42)44)26(2)41(24-23-27-17-22-35(45-3)36(25-27)46-4)38(43)32-15-10-12-28-11-6-7-13-31(28)32/h6-22,25-26H,5,23-24H2,1-4H3. The smallest absolute Gasteiger partial charge is 0.266 e. The van der Waals surface area contributed by atoms with Crippen LogP contribution in [-0.4, -0.2) is 47.7 Å². The minimum absolute atomic E-state index is 0.157. The second kappa shape index (κ2) is 13.8. The number of hydrogen-bond acceptors (Lipinski definition) is 6. The fraction of sp³-hybridized carbons (Fsp3) is 0.205. The molecule has 0 saturated carbocycles. The first-order chi connectivity index (χ1) is 22.9. The van der Waals surface area contributed by atoms with Crippen molar-refractivity contribution in [3.63, 3.8) is 0 Å². The summed E-state index contributed by atoms with van der Waals surface area (Å²) in [5, 5.41) is 2.33. The highest BCUT2D eigenvalue weighted by Gasteiger charge is 2.28. The Balaban J connectivity index is 1.49. The highest BCUT2D eigenvalue weighted by Crippen LogP contribution is 2.30. The second-order valence-corrected chi connectivity index (χ2v) is 11.2. The number of amides is 1. The average molecular weight is 628 g/mol. The van der Waals surface area contributed by atoms with Crippen molar-refractivity contribution in [2.24, 2.45) is 0 Å². The first-order valence-electron chi connectivity index (χ1n) is 15.7. The van der Waals surface area contributed by atoms with Gasteiger partial charge in [-0.2, -0.15) is 0 Å². The largest absolute Gasteiger partial charge is 0.494 e. The molecule has 1 atom stereocenters. The molecule has 0 fully saturated rings. The predicted molar refractivity (Wildman–Crippen MR) is 185 cm³/mol. The van der Waals surface area contributed by atoms with E-state index in [0.29, 0.717) is 64.8 Å². The number of ether oxygens (including phenoxy) is 3. The third-order valence-corrected chi connectivity index (χ3v) is 8.42. The average Bonchev–Trinajstić information content (AvgIpc) is 3.11. The van der Waals surface area contributed by atoms with Crippen molar-refractivity contribution < 1.29 is 19.0 Å². The van der Waals surface area contributed by atoms with Crippen molar-refractivity contribution in [3.05, 3.63) is 136 Å². The van der Waals surface area contributed by atoms with Crippen LogP contribution in [0.15, 0.2) is 114 Å². The van der Waals surface area contributed by atoms with E-state index in [1.807, 2.05) is 117 Å². The summed E-state index contributed by atoms with van der Waals surface area (Å²) in [5.41, 5.74) is 2.55. The van der Waals surface area contributed by atoms with E-state index < -0.39 is 6.04 Å². The van der Waals surface area contributed by atoms with Gasteiger partial charge in [-0.3, -0.25) is 14.2 Å². The van der Waals surface area contributed by atoms with Gasteiger partial charge in [0, 0.05) is 12.1 Å². The third-order valence-electron chi connectivity index (χ3n) is 8.42. The van der Waals surface area contributed by atoms with Crippen molar-refractivity contribution in [1.29, 1.82) is 0 Å². The van der Waals surface area contributed by atoms with Crippen LogP contribution in [0.5, 0.6) is 17.2 Å². The maximum Gasteiger partial charge on any atom is 0.266 e. The van der Waals surface area contributed by atoms with Crippen molar-refractivity contribution in [2.45, 2.75) is 26.3 Å². The van der Waals surface area contributed by atoms with Crippen LogP contribution in [0, 0.1) is 0 Å². The molecule has 1 heterocycles. The summed E-state index contributed by atoms with van der Waals surface area (Å²) in [6.07, 6.45) is 0.530. The van der Waals surface area contributed by atoms with Crippen molar-refractivity contribution >= 4 is 27.6 Å². The molecule has 1 aromatic heterocycles. The predicted octanol–water partition coefficient (Wildman–Crippen LogP) is 7.40. The van der Waals surface area contributed by atoms with Crippen LogP contribution >= 0.6 is 0 Å². The molecule has 8 nitrogen and oxygen atoms in total. The van der Waals surface area contributed by atoms with Crippen molar-refractivity contribution in [2.75, 3.05) is 27.4 Å². The number of carbonyl (C=O) groups excluding carboxylic acids is 1. The molecule has 0 aliphatic carbocycles. The van der Waals surface area contributed by atoms with Gasteiger partial charge in [-0.25, -0.2) is 4.98 Å². The molecular weight excluding hydrogens is 590 g/mol. The van der Waals surface area contributed by atoms with E-state index in [4.69, 9.17) is 19.2 Å². The minimum atomic E-state index is -0.592. The first kappa shape index (κ1) is 31.4. The number of rotatable bonds is 11. The molecule has 0 spiro atoms. The molecule has 0 aliphatic rings. The Kier molecular flexibility index (Phi) is 9.20. The molecule has 1 unspecified atom stereocenters. The molecule has 0 bridgehead atoms. The molecule has 5 aromatic carbocycles. The number of carbonyl (C=O) groups is 1. The van der Waals surface area contributed by atoms with Crippen LogP contribution in [0.1, 0.15) is 41.6 Å². The van der Waals surface area contributed by atoms with E-state index in [1.165, 1.54) is 0 Å². The summed E-state index contributed by atoms with van der Waals surface area (Å²) in [7, 11) is 3.20. The van der Waals surface area contributed by atoms with Crippen LogP contribution < -0.4 is 19.8 Å². The van der Waals surface area contributed by atoms with E-state index in [2.05, 4.69) is 0 Å². The van der Waals surface area contributed by atoms with E-state index >= 15 is 0 Å². The quantitative estimate of drug-likeness (QED) is 0.149. The highest BCUT2D eigenvalue weighted by molar-refractivity contribution is 6.07. The van der Waals surface area contributed by atoms with Gasteiger partial charge in [-0.1, -0.05) is 54.6 Å². The number of nitrogens with zero attached hydrogens (tertiary/aromatic N) is 3. The Morgan fingerprint density at radius 2 is 1.53 bits per heavy atom. The molecular formula is C39H37N3O5. The van der Waals surface area contributed by atoms with Gasteiger partial charge in [0.1, 0.15) is 11.6 Å². The molecule has 238 valence electrons. The van der Waals surface area contributed by atoms with Gasteiger partial charge in [0.05, 0.1) is 43.5 Å². The molecule has 6 aromatic rings. The lowest BCUT2D eigenvalue weighted by Crippen LogP contribution is -2.38. The number of benzene rings is 5. The van der Waals surface area contributed by atoms with Gasteiger partial charge >= 0.3 is 0 Å². The normalized spacial score (nSPS) is 11.7. The number of methoxy groups -OCH3 is 2. The van der Waals surface area contributed by atoms with Crippen LogP contribution in [0.25, 0.3) is 27.4 Å². The summed E-state index contributed by atoms with van der Waals surface area (Å²) < 4.78 is 18.3. The zero-order valence-corrected chi connectivity index (χ0v) is 27.0. The molecule has 1 amide bonds.